The van der Waals surface area contributed by atoms with Crippen molar-refractivity contribution in [2.45, 2.75) is 6.92 Å². The Bertz CT molecular complexity index is 931. The van der Waals surface area contributed by atoms with E-state index in [4.69, 9.17) is 9.15 Å². The van der Waals surface area contributed by atoms with Crippen molar-refractivity contribution in [3.05, 3.63) is 53.2 Å². The van der Waals surface area contributed by atoms with E-state index in [0.717, 1.165) is 4.88 Å². The van der Waals surface area contributed by atoms with Crippen molar-refractivity contribution in [2.75, 3.05) is 26.0 Å². The average Bonchev–Trinajstić information content (AvgIpc) is 3.30. The number of carbonyl (C=O) groups is 2. The number of amides is 2. The standard InChI is InChI=1S/C19H19N3O4S/c1-12-17(21-19(27-12)15-5-4-10-25-15)18(24)20-13-6-8-14(9-7-13)26-11-16(23)22(2)3/h4-10H,11H2,1-3H3,(H,20,24). The van der Waals surface area contributed by atoms with Crippen molar-refractivity contribution >= 4 is 28.8 Å². The number of nitrogens with one attached hydrogen (secondary N) is 1. The summed E-state index contributed by atoms with van der Waals surface area (Å²) >= 11 is 1.40. The second-order valence-electron chi connectivity index (χ2n) is 5.96. The maximum absolute atomic E-state index is 12.5. The van der Waals surface area contributed by atoms with Crippen molar-refractivity contribution in [2.24, 2.45) is 0 Å². The fourth-order valence-corrected chi connectivity index (χ4v) is 3.09. The second kappa shape index (κ2) is 8.05. The van der Waals surface area contributed by atoms with E-state index in [1.54, 1.807) is 56.8 Å². The lowest BCUT2D eigenvalue weighted by Crippen LogP contribution is -2.27. The van der Waals surface area contributed by atoms with Crippen LogP contribution in [0.5, 0.6) is 5.75 Å². The molecule has 0 bridgehead atoms. The van der Waals surface area contributed by atoms with Crippen molar-refractivity contribution < 1.29 is 18.7 Å². The van der Waals surface area contributed by atoms with Gasteiger partial charge in [0.25, 0.3) is 11.8 Å². The largest absolute Gasteiger partial charge is 0.484 e. The van der Waals surface area contributed by atoms with Crippen LogP contribution in [0.25, 0.3) is 10.8 Å². The van der Waals surface area contributed by atoms with Crippen LogP contribution in [0.15, 0.2) is 47.1 Å². The number of nitrogens with zero attached hydrogens (tertiary/aromatic N) is 2. The number of anilines is 1. The third-order valence-electron chi connectivity index (χ3n) is 3.72. The normalized spacial score (nSPS) is 10.5. The van der Waals surface area contributed by atoms with Gasteiger partial charge in [0.1, 0.15) is 11.4 Å². The zero-order valence-electron chi connectivity index (χ0n) is 15.2. The minimum atomic E-state index is -0.294. The van der Waals surface area contributed by atoms with Crippen LogP contribution in [0.1, 0.15) is 15.4 Å². The molecule has 1 aromatic carbocycles. The zero-order chi connectivity index (χ0) is 19.4. The van der Waals surface area contributed by atoms with Crippen LogP contribution < -0.4 is 10.1 Å². The number of ether oxygens (including phenoxy) is 1. The van der Waals surface area contributed by atoms with E-state index < -0.39 is 0 Å². The molecule has 3 aromatic rings. The van der Waals surface area contributed by atoms with Gasteiger partial charge in [-0.3, -0.25) is 9.59 Å². The lowest BCUT2D eigenvalue weighted by atomic mass is 10.3. The van der Waals surface area contributed by atoms with Crippen molar-refractivity contribution in [3.63, 3.8) is 0 Å². The second-order valence-corrected chi connectivity index (χ2v) is 7.16. The summed E-state index contributed by atoms with van der Waals surface area (Å²) in [5.74, 6) is 0.765. The average molecular weight is 385 g/mol. The summed E-state index contributed by atoms with van der Waals surface area (Å²) in [6, 6.07) is 10.4. The lowest BCUT2D eigenvalue weighted by molar-refractivity contribution is -0.130. The first-order valence-electron chi connectivity index (χ1n) is 8.19. The Labute approximate surface area is 160 Å². The van der Waals surface area contributed by atoms with Gasteiger partial charge in [-0.15, -0.1) is 11.3 Å². The smallest absolute Gasteiger partial charge is 0.275 e. The topological polar surface area (TPSA) is 84.7 Å². The molecule has 0 unspecified atom stereocenters. The minimum Gasteiger partial charge on any atom is -0.484 e. The maximum Gasteiger partial charge on any atom is 0.275 e. The molecule has 2 heterocycles. The summed E-state index contributed by atoms with van der Waals surface area (Å²) in [6.45, 7) is 1.81. The fourth-order valence-electron chi connectivity index (χ4n) is 2.21. The van der Waals surface area contributed by atoms with Crippen LogP contribution in [0, 0.1) is 6.92 Å². The molecule has 0 aliphatic heterocycles. The molecular formula is C19H19N3O4S. The molecule has 0 fully saturated rings. The SMILES string of the molecule is Cc1sc(-c2ccco2)nc1C(=O)Nc1ccc(OCC(=O)N(C)C)cc1. The van der Waals surface area contributed by atoms with Gasteiger partial charge in [-0.2, -0.15) is 0 Å². The van der Waals surface area contributed by atoms with Gasteiger partial charge in [0.15, 0.2) is 17.4 Å². The molecule has 0 atom stereocenters. The predicted octanol–water partition coefficient (Wildman–Crippen LogP) is 3.43. The van der Waals surface area contributed by atoms with E-state index in [0.29, 0.717) is 27.9 Å². The molecule has 1 N–H and O–H groups in total. The van der Waals surface area contributed by atoms with Crippen molar-refractivity contribution in [1.29, 1.82) is 0 Å². The Morgan fingerprint density at radius 3 is 2.59 bits per heavy atom. The molecule has 7 nitrogen and oxygen atoms in total. The van der Waals surface area contributed by atoms with E-state index >= 15 is 0 Å². The summed E-state index contributed by atoms with van der Waals surface area (Å²) < 4.78 is 10.7. The van der Waals surface area contributed by atoms with Crippen LogP contribution >= 0.6 is 11.3 Å². The highest BCUT2D eigenvalue weighted by Gasteiger charge is 2.17. The molecule has 0 aliphatic carbocycles. The molecule has 27 heavy (non-hydrogen) atoms. The number of aryl methyl sites for hydroxylation is 1. The number of aromatic nitrogens is 1. The first kappa shape index (κ1) is 18.7. The van der Waals surface area contributed by atoms with E-state index in [1.807, 2.05) is 6.92 Å². The van der Waals surface area contributed by atoms with Gasteiger partial charge in [0, 0.05) is 24.7 Å². The molecule has 0 aliphatic rings. The van der Waals surface area contributed by atoms with Crippen molar-refractivity contribution in [1.82, 2.24) is 9.88 Å². The number of likely N-dealkylation sites (N-methyl/N-ethyl adjacent to an activating group) is 1. The molecule has 0 saturated heterocycles. The molecular weight excluding hydrogens is 366 g/mol. The summed E-state index contributed by atoms with van der Waals surface area (Å²) in [7, 11) is 3.34. The monoisotopic (exact) mass is 385 g/mol. The predicted molar refractivity (Wildman–Crippen MR) is 103 cm³/mol. The van der Waals surface area contributed by atoms with Crippen molar-refractivity contribution in [3.8, 4) is 16.5 Å². The van der Waals surface area contributed by atoms with Crippen LogP contribution in [0.2, 0.25) is 0 Å². The van der Waals surface area contributed by atoms with E-state index in [1.165, 1.54) is 16.2 Å². The molecule has 8 heteroatoms. The third kappa shape index (κ3) is 4.53. The zero-order valence-corrected chi connectivity index (χ0v) is 16.0. The van der Waals surface area contributed by atoms with Gasteiger partial charge in [-0.1, -0.05) is 0 Å². The summed E-state index contributed by atoms with van der Waals surface area (Å²) in [5.41, 5.74) is 0.974. The highest BCUT2D eigenvalue weighted by atomic mass is 32.1. The Morgan fingerprint density at radius 2 is 1.96 bits per heavy atom. The molecule has 3 rings (SSSR count). The quantitative estimate of drug-likeness (QED) is 0.703. The van der Waals surface area contributed by atoms with Gasteiger partial charge >= 0.3 is 0 Å². The number of furan rings is 1. The van der Waals surface area contributed by atoms with Gasteiger partial charge in [0.2, 0.25) is 0 Å². The number of hydrogen-bond acceptors (Lipinski definition) is 6. The van der Waals surface area contributed by atoms with Crippen LogP contribution in [-0.2, 0) is 4.79 Å². The summed E-state index contributed by atoms with van der Waals surface area (Å²) in [6.07, 6.45) is 1.57. The van der Waals surface area contributed by atoms with Gasteiger partial charge in [0.05, 0.1) is 6.26 Å². The van der Waals surface area contributed by atoms with Crippen LogP contribution in [0.4, 0.5) is 5.69 Å². The van der Waals surface area contributed by atoms with Crippen LogP contribution in [-0.4, -0.2) is 42.4 Å². The molecule has 0 saturated carbocycles. The fraction of sp³-hybridized carbons (Fsp3) is 0.211. The number of carbonyl (C=O) groups excluding carboxylic acids is 2. The number of rotatable bonds is 6. The van der Waals surface area contributed by atoms with Crippen LogP contribution in [0.3, 0.4) is 0 Å². The molecule has 2 aromatic heterocycles. The number of hydrogen-bond donors (Lipinski definition) is 1. The minimum absolute atomic E-state index is 0.0354. The Balaban J connectivity index is 1.64. The third-order valence-corrected chi connectivity index (χ3v) is 4.70. The number of thiazole rings is 1. The van der Waals surface area contributed by atoms with Gasteiger partial charge < -0.3 is 19.4 Å². The lowest BCUT2D eigenvalue weighted by Gasteiger charge is -2.11. The highest BCUT2D eigenvalue weighted by molar-refractivity contribution is 7.15. The molecule has 140 valence electrons. The maximum atomic E-state index is 12.5. The summed E-state index contributed by atoms with van der Waals surface area (Å²) in [4.78, 5) is 30.7. The van der Waals surface area contributed by atoms with E-state index in [-0.39, 0.29) is 18.4 Å². The first-order valence-corrected chi connectivity index (χ1v) is 9.01. The highest BCUT2D eigenvalue weighted by Crippen LogP contribution is 2.28. The first-order chi connectivity index (χ1) is 12.9. The summed E-state index contributed by atoms with van der Waals surface area (Å²) in [5, 5.41) is 3.48. The van der Waals surface area contributed by atoms with Gasteiger partial charge in [-0.25, -0.2) is 4.98 Å². The van der Waals surface area contributed by atoms with E-state index in [9.17, 15) is 9.59 Å². The Kier molecular flexibility index (Phi) is 5.56. The Morgan fingerprint density at radius 1 is 1.22 bits per heavy atom. The van der Waals surface area contributed by atoms with Gasteiger partial charge in [-0.05, 0) is 43.3 Å². The number of benzene rings is 1. The molecule has 0 radical (unpaired) electrons. The molecule has 2 amide bonds. The Hall–Kier alpha value is -3.13. The van der Waals surface area contributed by atoms with E-state index in [2.05, 4.69) is 10.3 Å². The molecule has 0 spiro atoms.